The lowest BCUT2D eigenvalue weighted by Gasteiger charge is -2.21. The molecule has 7 heteroatoms. The van der Waals surface area contributed by atoms with Gasteiger partial charge in [-0.05, 0) is 25.0 Å². The Morgan fingerprint density at radius 1 is 1.17 bits per heavy atom. The van der Waals surface area contributed by atoms with E-state index in [0.717, 1.165) is 0 Å². The van der Waals surface area contributed by atoms with Crippen molar-refractivity contribution < 1.29 is 23.9 Å². The van der Waals surface area contributed by atoms with E-state index in [2.05, 4.69) is 17.2 Å². The number of carboxylic acid groups (broad SMARTS) is 1. The summed E-state index contributed by atoms with van der Waals surface area (Å²) in [5.74, 6) is -2.88. The first-order valence-corrected chi connectivity index (χ1v) is 7.38. The summed E-state index contributed by atoms with van der Waals surface area (Å²) in [7, 11) is 0. The van der Waals surface area contributed by atoms with Gasteiger partial charge >= 0.3 is 5.97 Å². The van der Waals surface area contributed by atoms with Gasteiger partial charge in [-0.15, -0.1) is 6.58 Å². The summed E-state index contributed by atoms with van der Waals surface area (Å²) >= 11 is 0. The SMILES string of the molecule is C=C(C)C[C@H](NC(=O)[C@@H](Cc1ccccc1F)NC(C)=O)C(=O)O. The highest BCUT2D eigenvalue weighted by molar-refractivity contribution is 5.90. The van der Waals surface area contributed by atoms with Crippen LogP contribution in [0.5, 0.6) is 0 Å². The largest absolute Gasteiger partial charge is 0.480 e. The first kappa shape index (κ1) is 19.3. The molecule has 1 aromatic carbocycles. The molecule has 0 radical (unpaired) electrons. The summed E-state index contributed by atoms with van der Waals surface area (Å²) in [6, 6.07) is 3.64. The Hall–Kier alpha value is -2.70. The molecule has 0 bridgehead atoms. The normalized spacial score (nSPS) is 12.8. The van der Waals surface area contributed by atoms with Crippen LogP contribution in [0, 0.1) is 5.82 Å². The van der Waals surface area contributed by atoms with Crippen molar-refractivity contribution in [1.29, 1.82) is 0 Å². The number of aliphatic carboxylic acids is 1. The number of carboxylic acids is 1. The minimum atomic E-state index is -1.21. The van der Waals surface area contributed by atoms with Crippen LogP contribution in [0.25, 0.3) is 0 Å². The Labute approximate surface area is 139 Å². The van der Waals surface area contributed by atoms with Crippen molar-refractivity contribution in [3.05, 3.63) is 47.8 Å². The second-order valence-electron chi connectivity index (χ2n) is 5.61. The average Bonchev–Trinajstić information content (AvgIpc) is 2.47. The number of carbonyl (C=O) groups is 3. The number of hydrogen-bond acceptors (Lipinski definition) is 3. The first-order valence-electron chi connectivity index (χ1n) is 7.38. The van der Waals surface area contributed by atoms with Crippen molar-refractivity contribution in [1.82, 2.24) is 10.6 Å². The van der Waals surface area contributed by atoms with E-state index in [-0.39, 0.29) is 18.4 Å². The molecular weight excluding hydrogens is 315 g/mol. The molecule has 0 spiro atoms. The summed E-state index contributed by atoms with van der Waals surface area (Å²) in [4.78, 5) is 34.9. The van der Waals surface area contributed by atoms with Gasteiger partial charge in [-0.3, -0.25) is 9.59 Å². The fraction of sp³-hybridized carbons (Fsp3) is 0.353. The monoisotopic (exact) mass is 336 g/mol. The van der Waals surface area contributed by atoms with Crippen molar-refractivity contribution in [2.45, 2.75) is 38.8 Å². The zero-order chi connectivity index (χ0) is 18.3. The zero-order valence-electron chi connectivity index (χ0n) is 13.6. The van der Waals surface area contributed by atoms with Crippen molar-refractivity contribution >= 4 is 17.8 Å². The lowest BCUT2D eigenvalue weighted by Crippen LogP contribution is -2.52. The molecule has 24 heavy (non-hydrogen) atoms. The van der Waals surface area contributed by atoms with Gasteiger partial charge in [0, 0.05) is 13.3 Å². The quantitative estimate of drug-likeness (QED) is 0.626. The molecule has 3 N–H and O–H groups in total. The fourth-order valence-electron chi connectivity index (χ4n) is 2.16. The molecular formula is C17H21FN2O4. The molecule has 0 heterocycles. The number of benzene rings is 1. The molecule has 1 rings (SSSR count). The van der Waals surface area contributed by atoms with Gasteiger partial charge in [0.25, 0.3) is 0 Å². The molecule has 0 saturated carbocycles. The first-order chi connectivity index (χ1) is 11.2. The minimum absolute atomic E-state index is 0.0631. The molecule has 0 saturated heterocycles. The molecule has 6 nitrogen and oxygen atoms in total. The lowest BCUT2D eigenvalue weighted by atomic mass is 10.0. The third-order valence-electron chi connectivity index (χ3n) is 3.24. The van der Waals surface area contributed by atoms with Gasteiger partial charge in [0.2, 0.25) is 11.8 Å². The summed E-state index contributed by atoms with van der Waals surface area (Å²) in [6.07, 6.45) is -0.0228. The lowest BCUT2D eigenvalue weighted by molar-refractivity contribution is -0.142. The van der Waals surface area contributed by atoms with Crippen LogP contribution in [0.3, 0.4) is 0 Å². The van der Waals surface area contributed by atoms with E-state index in [0.29, 0.717) is 5.57 Å². The molecule has 130 valence electrons. The Bertz CT molecular complexity index is 645. The van der Waals surface area contributed by atoms with Gasteiger partial charge in [-0.25, -0.2) is 9.18 Å². The van der Waals surface area contributed by atoms with Gasteiger partial charge in [-0.2, -0.15) is 0 Å². The maximum Gasteiger partial charge on any atom is 0.326 e. The number of nitrogens with one attached hydrogen (secondary N) is 2. The van der Waals surface area contributed by atoms with Crippen LogP contribution in [-0.2, 0) is 20.8 Å². The third kappa shape index (κ3) is 6.20. The fourth-order valence-corrected chi connectivity index (χ4v) is 2.16. The minimum Gasteiger partial charge on any atom is -0.480 e. The Balaban J connectivity index is 2.92. The van der Waals surface area contributed by atoms with Gasteiger partial charge in [0.05, 0.1) is 0 Å². The van der Waals surface area contributed by atoms with Crippen molar-refractivity contribution in [3.63, 3.8) is 0 Å². The topological polar surface area (TPSA) is 95.5 Å². The number of rotatable bonds is 8. The Morgan fingerprint density at radius 3 is 2.29 bits per heavy atom. The van der Waals surface area contributed by atoms with Gasteiger partial charge < -0.3 is 15.7 Å². The highest BCUT2D eigenvalue weighted by Crippen LogP contribution is 2.10. The standard InChI is InChI=1S/C17H21FN2O4/c1-10(2)8-15(17(23)24)20-16(22)14(19-11(3)21)9-12-6-4-5-7-13(12)18/h4-7,14-15H,1,8-9H2,2-3H3,(H,19,21)(H,20,22)(H,23,24)/t14-,15+/m1/s1. The van der Waals surface area contributed by atoms with Crippen LogP contribution in [0.4, 0.5) is 4.39 Å². The number of carbonyl (C=O) groups excluding carboxylic acids is 2. The van der Waals surface area contributed by atoms with Gasteiger partial charge in [0.15, 0.2) is 0 Å². The van der Waals surface area contributed by atoms with E-state index in [1.165, 1.54) is 25.1 Å². The number of hydrogen-bond donors (Lipinski definition) is 3. The van der Waals surface area contributed by atoms with Crippen LogP contribution < -0.4 is 10.6 Å². The Morgan fingerprint density at radius 2 is 1.79 bits per heavy atom. The molecule has 0 aliphatic carbocycles. The maximum atomic E-state index is 13.8. The average molecular weight is 336 g/mol. The summed E-state index contributed by atoms with van der Waals surface area (Å²) in [6.45, 7) is 6.50. The van der Waals surface area contributed by atoms with Crippen molar-refractivity contribution in [3.8, 4) is 0 Å². The van der Waals surface area contributed by atoms with Crippen LogP contribution in [0.2, 0.25) is 0 Å². The highest BCUT2D eigenvalue weighted by atomic mass is 19.1. The molecule has 2 amide bonds. The predicted molar refractivity (Wildman–Crippen MR) is 86.7 cm³/mol. The van der Waals surface area contributed by atoms with E-state index < -0.39 is 35.7 Å². The van der Waals surface area contributed by atoms with E-state index >= 15 is 0 Å². The number of halogens is 1. The highest BCUT2D eigenvalue weighted by Gasteiger charge is 2.26. The summed E-state index contributed by atoms with van der Waals surface area (Å²) in [5, 5.41) is 13.9. The van der Waals surface area contributed by atoms with E-state index in [4.69, 9.17) is 5.11 Å². The summed E-state index contributed by atoms with van der Waals surface area (Å²) in [5.41, 5.74) is 0.839. The van der Waals surface area contributed by atoms with Crippen LogP contribution in [-0.4, -0.2) is 35.0 Å². The van der Waals surface area contributed by atoms with Crippen LogP contribution in [0.1, 0.15) is 25.8 Å². The molecule has 0 aliphatic rings. The molecule has 0 aliphatic heterocycles. The molecule has 0 unspecified atom stereocenters. The Kier molecular flexibility index (Phi) is 7.10. The van der Waals surface area contributed by atoms with Crippen LogP contribution >= 0.6 is 0 Å². The van der Waals surface area contributed by atoms with E-state index in [1.54, 1.807) is 13.0 Å². The molecule has 1 aromatic rings. The van der Waals surface area contributed by atoms with Gasteiger partial charge in [0.1, 0.15) is 17.9 Å². The predicted octanol–water partition coefficient (Wildman–Crippen LogP) is 1.41. The molecule has 2 atom stereocenters. The van der Waals surface area contributed by atoms with Crippen molar-refractivity contribution in [2.75, 3.05) is 0 Å². The van der Waals surface area contributed by atoms with Crippen molar-refractivity contribution in [2.24, 2.45) is 0 Å². The van der Waals surface area contributed by atoms with E-state index in [9.17, 15) is 18.8 Å². The molecule has 0 aromatic heterocycles. The summed E-state index contributed by atoms with van der Waals surface area (Å²) < 4.78 is 13.8. The number of amides is 2. The smallest absolute Gasteiger partial charge is 0.326 e. The van der Waals surface area contributed by atoms with Crippen LogP contribution in [0.15, 0.2) is 36.4 Å². The van der Waals surface area contributed by atoms with Gasteiger partial charge in [-0.1, -0.05) is 23.8 Å². The maximum absolute atomic E-state index is 13.8. The van der Waals surface area contributed by atoms with E-state index in [1.807, 2.05) is 0 Å². The third-order valence-corrected chi connectivity index (χ3v) is 3.24. The second-order valence-corrected chi connectivity index (χ2v) is 5.61. The second kappa shape index (κ2) is 8.81. The molecule has 0 fully saturated rings. The zero-order valence-corrected chi connectivity index (χ0v) is 13.6.